The first-order chi connectivity index (χ1) is 10.6. The lowest BCUT2D eigenvalue weighted by Crippen LogP contribution is -2.45. The molecule has 1 fully saturated rings. The number of carbonyl (C=O) groups is 2. The molecule has 1 heterocycles. The van der Waals surface area contributed by atoms with Crippen molar-refractivity contribution >= 4 is 24.2 Å². The Kier molecular flexibility index (Phi) is 8.58. The van der Waals surface area contributed by atoms with Crippen molar-refractivity contribution in [3.8, 4) is 0 Å². The number of piperidine rings is 1. The zero-order valence-corrected chi connectivity index (χ0v) is 13.8. The van der Waals surface area contributed by atoms with E-state index in [2.05, 4.69) is 16.0 Å². The largest absolute Gasteiger partial charge is 0.352 e. The number of hydrogen-bond acceptors (Lipinski definition) is 3. The molecule has 0 aliphatic carbocycles. The van der Waals surface area contributed by atoms with Gasteiger partial charge in [0.15, 0.2) is 0 Å². The minimum atomic E-state index is -0.370. The van der Waals surface area contributed by atoms with E-state index < -0.39 is 0 Å². The highest BCUT2D eigenvalue weighted by molar-refractivity contribution is 5.94. The van der Waals surface area contributed by atoms with Crippen molar-refractivity contribution in [3.05, 3.63) is 35.6 Å². The van der Waals surface area contributed by atoms with E-state index in [0.29, 0.717) is 24.9 Å². The highest BCUT2D eigenvalue weighted by atomic mass is 35.5. The van der Waals surface area contributed by atoms with Crippen molar-refractivity contribution in [1.29, 1.82) is 0 Å². The van der Waals surface area contributed by atoms with E-state index in [1.165, 1.54) is 24.3 Å². The summed E-state index contributed by atoms with van der Waals surface area (Å²) >= 11 is 0. The molecule has 1 atom stereocenters. The maximum absolute atomic E-state index is 12.8. The summed E-state index contributed by atoms with van der Waals surface area (Å²) in [5.41, 5.74) is 0.416. The normalized spacial score (nSPS) is 17.0. The van der Waals surface area contributed by atoms with Crippen molar-refractivity contribution in [1.82, 2.24) is 16.0 Å². The van der Waals surface area contributed by atoms with Crippen molar-refractivity contribution < 1.29 is 14.0 Å². The molecule has 1 aliphatic heterocycles. The topological polar surface area (TPSA) is 70.2 Å². The highest BCUT2D eigenvalue weighted by Crippen LogP contribution is 2.03. The Morgan fingerprint density at radius 2 is 2.00 bits per heavy atom. The number of hydrogen-bond donors (Lipinski definition) is 3. The lowest BCUT2D eigenvalue weighted by molar-refractivity contribution is -0.122. The molecule has 0 radical (unpaired) electrons. The average molecular weight is 344 g/mol. The van der Waals surface area contributed by atoms with E-state index in [1.54, 1.807) is 0 Å². The van der Waals surface area contributed by atoms with Gasteiger partial charge in [-0.15, -0.1) is 12.4 Å². The number of rotatable bonds is 6. The molecule has 0 bridgehead atoms. The second-order valence-electron chi connectivity index (χ2n) is 5.48. The smallest absolute Gasteiger partial charge is 0.251 e. The summed E-state index contributed by atoms with van der Waals surface area (Å²) in [5.74, 6) is -0.605. The summed E-state index contributed by atoms with van der Waals surface area (Å²) in [5, 5.41) is 8.96. The first-order valence-corrected chi connectivity index (χ1v) is 7.69. The third-order valence-corrected chi connectivity index (χ3v) is 3.63. The molecule has 2 amide bonds. The van der Waals surface area contributed by atoms with Gasteiger partial charge in [-0.2, -0.15) is 0 Å². The van der Waals surface area contributed by atoms with Crippen molar-refractivity contribution in [3.63, 3.8) is 0 Å². The van der Waals surface area contributed by atoms with Crippen LogP contribution < -0.4 is 16.0 Å². The number of halogens is 2. The predicted molar refractivity (Wildman–Crippen MR) is 89.2 cm³/mol. The predicted octanol–water partition coefficient (Wildman–Crippen LogP) is 1.63. The molecule has 23 heavy (non-hydrogen) atoms. The maximum Gasteiger partial charge on any atom is 0.251 e. The van der Waals surface area contributed by atoms with Gasteiger partial charge in [-0.05, 0) is 50.1 Å². The molecular formula is C16H23ClFN3O2. The molecule has 0 spiro atoms. The van der Waals surface area contributed by atoms with Gasteiger partial charge < -0.3 is 16.0 Å². The molecule has 128 valence electrons. The van der Waals surface area contributed by atoms with Gasteiger partial charge in [0.1, 0.15) is 5.82 Å². The van der Waals surface area contributed by atoms with Crippen LogP contribution >= 0.6 is 12.4 Å². The van der Waals surface area contributed by atoms with Gasteiger partial charge in [0.25, 0.3) is 5.91 Å². The summed E-state index contributed by atoms with van der Waals surface area (Å²) in [4.78, 5) is 23.5. The quantitative estimate of drug-likeness (QED) is 0.687. The Balaban J connectivity index is 0.00000264. The lowest BCUT2D eigenvalue weighted by atomic mass is 10.1. The Hall–Kier alpha value is -1.66. The van der Waals surface area contributed by atoms with Crippen LogP contribution in [0.15, 0.2) is 24.3 Å². The standard InChI is InChI=1S/C16H22FN3O2.ClH/c17-13-7-5-12(6-8-13)16(22)19-10-2-4-15(21)20-14-3-1-9-18-11-14;/h5-8,14,18H,1-4,9-11H2,(H,19,22)(H,20,21);1H. The Labute approximate surface area is 141 Å². The number of carbonyl (C=O) groups excluding carboxylic acids is 2. The van der Waals surface area contributed by atoms with Crippen LogP contribution in [0.1, 0.15) is 36.0 Å². The van der Waals surface area contributed by atoms with E-state index in [9.17, 15) is 14.0 Å². The zero-order valence-electron chi connectivity index (χ0n) is 12.9. The van der Waals surface area contributed by atoms with Gasteiger partial charge in [-0.3, -0.25) is 9.59 Å². The van der Waals surface area contributed by atoms with Gasteiger partial charge in [0.05, 0.1) is 0 Å². The minimum Gasteiger partial charge on any atom is -0.352 e. The van der Waals surface area contributed by atoms with Crippen LogP contribution in [0, 0.1) is 5.82 Å². The van der Waals surface area contributed by atoms with E-state index in [1.807, 2.05) is 0 Å². The molecular weight excluding hydrogens is 321 g/mol. The molecule has 3 N–H and O–H groups in total. The molecule has 5 nitrogen and oxygen atoms in total. The molecule has 2 rings (SSSR count). The first-order valence-electron chi connectivity index (χ1n) is 7.69. The molecule has 1 aromatic rings. The summed E-state index contributed by atoms with van der Waals surface area (Å²) in [7, 11) is 0. The molecule has 1 saturated heterocycles. The third kappa shape index (κ3) is 6.97. The lowest BCUT2D eigenvalue weighted by Gasteiger charge is -2.23. The van der Waals surface area contributed by atoms with E-state index in [0.717, 1.165) is 25.9 Å². The van der Waals surface area contributed by atoms with Crippen molar-refractivity contribution in [2.45, 2.75) is 31.7 Å². The summed E-state index contributed by atoms with van der Waals surface area (Å²) in [6.45, 7) is 2.27. The van der Waals surface area contributed by atoms with E-state index >= 15 is 0 Å². The van der Waals surface area contributed by atoms with Gasteiger partial charge in [0, 0.05) is 31.1 Å². The van der Waals surface area contributed by atoms with Crippen LogP contribution in [-0.2, 0) is 4.79 Å². The van der Waals surface area contributed by atoms with Crippen LogP contribution in [0.25, 0.3) is 0 Å². The summed E-state index contributed by atoms with van der Waals surface area (Å²) < 4.78 is 12.8. The van der Waals surface area contributed by atoms with Gasteiger partial charge in [-0.25, -0.2) is 4.39 Å². The number of benzene rings is 1. The monoisotopic (exact) mass is 343 g/mol. The molecule has 1 unspecified atom stereocenters. The minimum absolute atomic E-state index is 0. The second-order valence-corrected chi connectivity index (χ2v) is 5.48. The molecule has 0 saturated carbocycles. The molecule has 7 heteroatoms. The van der Waals surface area contributed by atoms with E-state index in [4.69, 9.17) is 0 Å². The van der Waals surface area contributed by atoms with Crippen LogP contribution in [0.5, 0.6) is 0 Å². The van der Waals surface area contributed by atoms with Gasteiger partial charge in [-0.1, -0.05) is 0 Å². The Morgan fingerprint density at radius 1 is 1.26 bits per heavy atom. The van der Waals surface area contributed by atoms with Crippen LogP contribution in [0.2, 0.25) is 0 Å². The highest BCUT2D eigenvalue weighted by Gasteiger charge is 2.14. The SMILES string of the molecule is Cl.O=C(CCCNC(=O)c1ccc(F)cc1)NC1CCCNC1. The average Bonchev–Trinajstić information content (AvgIpc) is 2.53. The fraction of sp³-hybridized carbons (Fsp3) is 0.500. The van der Waals surface area contributed by atoms with Crippen LogP contribution in [0.3, 0.4) is 0 Å². The Bertz CT molecular complexity index is 505. The van der Waals surface area contributed by atoms with Crippen molar-refractivity contribution in [2.24, 2.45) is 0 Å². The summed E-state index contributed by atoms with van der Waals surface area (Å²) in [6.07, 6.45) is 3.07. The molecule has 1 aromatic carbocycles. The van der Waals surface area contributed by atoms with Crippen LogP contribution in [0.4, 0.5) is 4.39 Å². The van der Waals surface area contributed by atoms with Gasteiger partial charge >= 0.3 is 0 Å². The first kappa shape index (κ1) is 19.4. The fourth-order valence-electron chi connectivity index (χ4n) is 2.43. The van der Waals surface area contributed by atoms with Crippen molar-refractivity contribution in [2.75, 3.05) is 19.6 Å². The fourth-order valence-corrected chi connectivity index (χ4v) is 2.43. The van der Waals surface area contributed by atoms with Gasteiger partial charge in [0.2, 0.25) is 5.91 Å². The number of nitrogens with one attached hydrogen (secondary N) is 3. The molecule has 1 aliphatic rings. The van der Waals surface area contributed by atoms with E-state index in [-0.39, 0.29) is 36.1 Å². The zero-order chi connectivity index (χ0) is 15.8. The Morgan fingerprint density at radius 3 is 2.65 bits per heavy atom. The van der Waals surface area contributed by atoms with Crippen LogP contribution in [-0.4, -0.2) is 37.5 Å². The third-order valence-electron chi connectivity index (χ3n) is 3.63. The number of amides is 2. The second kappa shape index (κ2) is 10.2. The molecule has 0 aromatic heterocycles. The summed E-state index contributed by atoms with van der Waals surface area (Å²) in [6, 6.07) is 5.59. The maximum atomic E-state index is 12.8.